The highest BCUT2D eigenvalue weighted by Crippen LogP contribution is 2.14. The summed E-state index contributed by atoms with van der Waals surface area (Å²) in [5, 5.41) is 12.8. The van der Waals surface area contributed by atoms with Gasteiger partial charge in [-0.15, -0.1) is 0 Å². The zero-order valence-electron chi connectivity index (χ0n) is 10.5. The maximum absolute atomic E-state index is 11.8. The van der Waals surface area contributed by atoms with E-state index >= 15 is 0 Å². The first-order valence-electron chi connectivity index (χ1n) is 6.07. The van der Waals surface area contributed by atoms with Crippen LogP contribution in [-0.2, 0) is 4.74 Å². The Morgan fingerprint density at radius 3 is 2.53 bits per heavy atom. The average Bonchev–Trinajstić information content (AvgIpc) is 2.37. The molecule has 0 heterocycles. The highest BCUT2D eigenvalue weighted by Gasteiger charge is 2.27. The van der Waals surface area contributed by atoms with Gasteiger partial charge in [0.25, 0.3) is 0 Å². The maximum Gasteiger partial charge on any atom is 0.411 e. The van der Waals surface area contributed by atoms with Crippen LogP contribution in [0.3, 0.4) is 0 Å². The number of ether oxygens (including phenoxy) is 1. The maximum atomic E-state index is 11.8. The molecule has 0 aliphatic carbocycles. The second kappa shape index (κ2) is 8.14. The third-order valence-corrected chi connectivity index (χ3v) is 2.43. The predicted octanol–water partition coefficient (Wildman–Crippen LogP) is 2.28. The molecule has 2 N–H and O–H groups in total. The smallest absolute Gasteiger partial charge is 0.387 e. The summed E-state index contributed by atoms with van der Waals surface area (Å²) in [5.41, 5.74) is 0.809. The van der Waals surface area contributed by atoms with Crippen molar-refractivity contribution in [3.05, 3.63) is 35.9 Å². The van der Waals surface area contributed by atoms with Gasteiger partial charge in [-0.2, -0.15) is 13.2 Å². The molecular formula is C13H18F3NO2. The van der Waals surface area contributed by atoms with Crippen LogP contribution in [0.2, 0.25) is 0 Å². The molecule has 0 saturated heterocycles. The molecule has 19 heavy (non-hydrogen) atoms. The highest BCUT2D eigenvalue weighted by molar-refractivity contribution is 5.17. The van der Waals surface area contributed by atoms with Gasteiger partial charge in [0.15, 0.2) is 0 Å². The van der Waals surface area contributed by atoms with E-state index in [-0.39, 0.29) is 6.61 Å². The summed E-state index contributed by atoms with van der Waals surface area (Å²) in [6.45, 7) is -0.293. The van der Waals surface area contributed by atoms with Crippen molar-refractivity contribution in [2.75, 3.05) is 26.3 Å². The SMILES string of the molecule is OC(CNCCCOCC(F)(F)F)c1ccccc1. The van der Waals surface area contributed by atoms with E-state index in [1.807, 2.05) is 30.3 Å². The van der Waals surface area contributed by atoms with Gasteiger partial charge in [-0.1, -0.05) is 30.3 Å². The minimum Gasteiger partial charge on any atom is -0.387 e. The summed E-state index contributed by atoms with van der Waals surface area (Å²) in [6, 6.07) is 9.17. The van der Waals surface area contributed by atoms with Crippen LogP contribution in [0, 0.1) is 0 Å². The summed E-state index contributed by atoms with van der Waals surface area (Å²) < 4.78 is 39.7. The van der Waals surface area contributed by atoms with E-state index in [1.54, 1.807) is 0 Å². The van der Waals surface area contributed by atoms with Crippen molar-refractivity contribution in [3.8, 4) is 0 Å². The predicted molar refractivity (Wildman–Crippen MR) is 65.8 cm³/mol. The van der Waals surface area contributed by atoms with E-state index < -0.39 is 18.9 Å². The molecule has 1 rings (SSSR count). The third kappa shape index (κ3) is 7.81. The quantitative estimate of drug-likeness (QED) is 0.716. The molecule has 0 radical (unpaired) electrons. The third-order valence-electron chi connectivity index (χ3n) is 2.43. The topological polar surface area (TPSA) is 41.5 Å². The molecule has 0 aromatic heterocycles. The number of benzene rings is 1. The molecule has 0 aliphatic heterocycles. The molecular weight excluding hydrogens is 259 g/mol. The van der Waals surface area contributed by atoms with Crippen LogP contribution in [0.4, 0.5) is 13.2 Å². The first kappa shape index (κ1) is 15.9. The van der Waals surface area contributed by atoms with Crippen molar-refractivity contribution in [1.82, 2.24) is 5.32 Å². The van der Waals surface area contributed by atoms with Crippen molar-refractivity contribution in [2.45, 2.75) is 18.7 Å². The van der Waals surface area contributed by atoms with Crippen molar-refractivity contribution in [2.24, 2.45) is 0 Å². The number of hydrogen-bond donors (Lipinski definition) is 2. The van der Waals surface area contributed by atoms with Gasteiger partial charge >= 0.3 is 6.18 Å². The van der Waals surface area contributed by atoms with E-state index in [1.165, 1.54) is 0 Å². The summed E-state index contributed by atoms with van der Waals surface area (Å²) in [4.78, 5) is 0. The molecule has 1 atom stereocenters. The number of nitrogens with one attached hydrogen (secondary N) is 1. The van der Waals surface area contributed by atoms with Crippen LogP contribution in [0.1, 0.15) is 18.1 Å². The van der Waals surface area contributed by atoms with Gasteiger partial charge in [-0.25, -0.2) is 0 Å². The standard InChI is InChI=1S/C13H18F3NO2/c14-13(15,16)10-19-8-4-7-17-9-12(18)11-5-2-1-3-6-11/h1-3,5-6,12,17-18H,4,7-10H2. The summed E-state index contributed by atoms with van der Waals surface area (Å²) in [5.74, 6) is 0. The Balaban J connectivity index is 2.02. The minimum absolute atomic E-state index is 0.0495. The van der Waals surface area contributed by atoms with Crippen molar-refractivity contribution < 1.29 is 23.0 Å². The molecule has 0 amide bonds. The summed E-state index contributed by atoms with van der Waals surface area (Å²) in [7, 11) is 0. The van der Waals surface area contributed by atoms with E-state index in [2.05, 4.69) is 10.1 Å². The van der Waals surface area contributed by atoms with Gasteiger partial charge in [0.05, 0.1) is 6.10 Å². The lowest BCUT2D eigenvalue weighted by Gasteiger charge is -2.12. The molecule has 0 spiro atoms. The number of aliphatic hydroxyl groups excluding tert-OH is 1. The van der Waals surface area contributed by atoms with Gasteiger partial charge in [-0.3, -0.25) is 0 Å². The molecule has 3 nitrogen and oxygen atoms in total. The Morgan fingerprint density at radius 1 is 1.21 bits per heavy atom. The Kier molecular flexibility index (Phi) is 6.83. The van der Waals surface area contributed by atoms with Crippen LogP contribution in [-0.4, -0.2) is 37.6 Å². The number of aliphatic hydroxyl groups is 1. The van der Waals surface area contributed by atoms with Crippen LogP contribution in [0.15, 0.2) is 30.3 Å². The zero-order valence-corrected chi connectivity index (χ0v) is 10.5. The average molecular weight is 277 g/mol. The number of alkyl halides is 3. The van der Waals surface area contributed by atoms with Gasteiger partial charge in [0.1, 0.15) is 6.61 Å². The molecule has 0 bridgehead atoms. The number of halogens is 3. The Bertz CT molecular complexity index is 343. The normalized spacial score (nSPS) is 13.5. The second-order valence-corrected chi connectivity index (χ2v) is 4.15. The van der Waals surface area contributed by atoms with Gasteiger partial charge < -0.3 is 15.2 Å². The van der Waals surface area contributed by atoms with Gasteiger partial charge in [0.2, 0.25) is 0 Å². The van der Waals surface area contributed by atoms with Gasteiger partial charge in [0, 0.05) is 13.2 Å². The Labute approximate surface area is 110 Å². The molecule has 108 valence electrons. The fourth-order valence-corrected chi connectivity index (χ4v) is 1.52. The number of hydrogen-bond acceptors (Lipinski definition) is 3. The van der Waals surface area contributed by atoms with Crippen LogP contribution >= 0.6 is 0 Å². The lowest BCUT2D eigenvalue weighted by atomic mass is 10.1. The monoisotopic (exact) mass is 277 g/mol. The van der Waals surface area contributed by atoms with E-state index in [9.17, 15) is 18.3 Å². The van der Waals surface area contributed by atoms with E-state index in [0.29, 0.717) is 19.5 Å². The van der Waals surface area contributed by atoms with Crippen LogP contribution in [0.5, 0.6) is 0 Å². The molecule has 0 saturated carbocycles. The molecule has 1 unspecified atom stereocenters. The molecule has 0 aliphatic rings. The fourth-order valence-electron chi connectivity index (χ4n) is 1.52. The van der Waals surface area contributed by atoms with Crippen molar-refractivity contribution in [3.63, 3.8) is 0 Å². The van der Waals surface area contributed by atoms with Crippen molar-refractivity contribution in [1.29, 1.82) is 0 Å². The van der Waals surface area contributed by atoms with Gasteiger partial charge in [-0.05, 0) is 18.5 Å². The minimum atomic E-state index is -4.27. The lowest BCUT2D eigenvalue weighted by molar-refractivity contribution is -0.173. The first-order valence-corrected chi connectivity index (χ1v) is 6.07. The summed E-state index contributed by atoms with van der Waals surface area (Å²) >= 11 is 0. The zero-order chi connectivity index (χ0) is 14.1. The molecule has 1 aromatic carbocycles. The Hall–Kier alpha value is -1.11. The van der Waals surface area contributed by atoms with E-state index in [0.717, 1.165) is 5.56 Å². The molecule has 6 heteroatoms. The highest BCUT2D eigenvalue weighted by atomic mass is 19.4. The summed E-state index contributed by atoms with van der Waals surface area (Å²) in [6.07, 6.45) is -4.41. The first-order chi connectivity index (χ1) is 8.99. The largest absolute Gasteiger partial charge is 0.411 e. The lowest BCUT2D eigenvalue weighted by Crippen LogP contribution is -2.24. The number of rotatable bonds is 8. The second-order valence-electron chi connectivity index (χ2n) is 4.15. The molecule has 1 aromatic rings. The van der Waals surface area contributed by atoms with Crippen LogP contribution < -0.4 is 5.32 Å². The van der Waals surface area contributed by atoms with Crippen LogP contribution in [0.25, 0.3) is 0 Å². The van der Waals surface area contributed by atoms with Crippen molar-refractivity contribution >= 4 is 0 Å². The van der Waals surface area contributed by atoms with E-state index in [4.69, 9.17) is 0 Å². The Morgan fingerprint density at radius 2 is 1.89 bits per heavy atom. The molecule has 0 fully saturated rings. The fraction of sp³-hybridized carbons (Fsp3) is 0.538.